The Morgan fingerprint density at radius 3 is 2.32 bits per heavy atom. The van der Waals surface area contributed by atoms with E-state index in [1.165, 1.54) is 17.2 Å². The Labute approximate surface area is 129 Å². The second kappa shape index (κ2) is 8.04. The first-order valence-electron chi connectivity index (χ1n) is 6.20. The van der Waals surface area contributed by atoms with Crippen LogP contribution in [-0.4, -0.2) is 35.1 Å². The van der Waals surface area contributed by atoms with E-state index >= 15 is 0 Å². The number of benzene rings is 1. The minimum Gasteiger partial charge on any atom is -0.340 e. The second-order valence-corrected chi connectivity index (χ2v) is 5.34. The molecule has 0 saturated carbocycles. The van der Waals surface area contributed by atoms with Crippen LogP contribution in [0.25, 0.3) is 0 Å². The van der Waals surface area contributed by atoms with Crippen LogP contribution >= 0.6 is 11.8 Å². The standard InChI is InChI=1S/C13H15F3N2O3S/c1-22-7-6-10(12(20)18-21)17-11(19)8-2-4-9(5-3-8)13(14,15)16/h2-5,10,21H,6-7H2,1H3,(H,17,19)(H,18,20)/t10-/m0/s1. The van der Waals surface area contributed by atoms with Gasteiger partial charge in [0, 0.05) is 5.56 Å². The fourth-order valence-electron chi connectivity index (χ4n) is 1.63. The van der Waals surface area contributed by atoms with Gasteiger partial charge in [0.05, 0.1) is 5.56 Å². The first-order valence-corrected chi connectivity index (χ1v) is 7.60. The van der Waals surface area contributed by atoms with E-state index < -0.39 is 29.6 Å². The SMILES string of the molecule is CSCC[C@H](NC(=O)c1ccc(C(F)(F)F)cc1)C(=O)NO. The van der Waals surface area contributed by atoms with Gasteiger partial charge in [-0.25, -0.2) is 5.48 Å². The van der Waals surface area contributed by atoms with Crippen LogP contribution in [0.2, 0.25) is 0 Å². The Balaban J connectivity index is 2.79. The number of hydrogen-bond donors (Lipinski definition) is 3. The molecule has 0 aromatic heterocycles. The number of thioether (sulfide) groups is 1. The molecular weight excluding hydrogens is 321 g/mol. The van der Waals surface area contributed by atoms with Gasteiger partial charge in [-0.05, 0) is 42.7 Å². The minimum atomic E-state index is -4.48. The van der Waals surface area contributed by atoms with Crippen molar-refractivity contribution in [3.05, 3.63) is 35.4 Å². The lowest BCUT2D eigenvalue weighted by molar-refractivity contribution is -0.137. The summed E-state index contributed by atoms with van der Waals surface area (Å²) in [7, 11) is 0. The van der Waals surface area contributed by atoms with Crippen LogP contribution in [0.4, 0.5) is 13.2 Å². The van der Waals surface area contributed by atoms with Crippen LogP contribution < -0.4 is 10.8 Å². The van der Waals surface area contributed by atoms with Crippen LogP contribution in [0.15, 0.2) is 24.3 Å². The predicted molar refractivity (Wildman–Crippen MR) is 75.6 cm³/mol. The van der Waals surface area contributed by atoms with E-state index in [9.17, 15) is 22.8 Å². The third kappa shape index (κ3) is 5.23. The summed E-state index contributed by atoms with van der Waals surface area (Å²) >= 11 is 1.45. The van der Waals surface area contributed by atoms with Crippen molar-refractivity contribution >= 4 is 23.6 Å². The number of carbonyl (C=O) groups is 2. The highest BCUT2D eigenvalue weighted by Gasteiger charge is 2.30. The zero-order chi connectivity index (χ0) is 16.8. The molecule has 9 heteroatoms. The van der Waals surface area contributed by atoms with E-state index in [0.717, 1.165) is 24.3 Å². The van der Waals surface area contributed by atoms with Gasteiger partial charge in [-0.1, -0.05) is 0 Å². The maximum Gasteiger partial charge on any atom is 0.416 e. The molecule has 0 radical (unpaired) electrons. The first kappa shape index (κ1) is 18.3. The van der Waals surface area contributed by atoms with Crippen molar-refractivity contribution in [3.63, 3.8) is 0 Å². The molecule has 0 spiro atoms. The molecule has 22 heavy (non-hydrogen) atoms. The van der Waals surface area contributed by atoms with Gasteiger partial charge >= 0.3 is 6.18 Å². The lowest BCUT2D eigenvalue weighted by Crippen LogP contribution is -2.46. The molecule has 0 aliphatic carbocycles. The fraction of sp³-hybridized carbons (Fsp3) is 0.385. The summed E-state index contributed by atoms with van der Waals surface area (Å²) in [6.45, 7) is 0. The van der Waals surface area contributed by atoms with Crippen molar-refractivity contribution < 1.29 is 28.0 Å². The Bertz CT molecular complexity index is 520. The van der Waals surface area contributed by atoms with E-state index in [4.69, 9.17) is 5.21 Å². The summed E-state index contributed by atoms with van der Waals surface area (Å²) in [4.78, 5) is 23.4. The Morgan fingerprint density at radius 2 is 1.86 bits per heavy atom. The molecule has 5 nitrogen and oxygen atoms in total. The summed E-state index contributed by atoms with van der Waals surface area (Å²) in [6, 6.07) is 2.67. The van der Waals surface area contributed by atoms with Gasteiger partial charge in [-0.15, -0.1) is 0 Å². The number of hydrogen-bond acceptors (Lipinski definition) is 4. The molecule has 122 valence electrons. The van der Waals surface area contributed by atoms with E-state index in [1.807, 2.05) is 6.26 Å². The highest BCUT2D eigenvalue weighted by Crippen LogP contribution is 2.29. The van der Waals surface area contributed by atoms with Gasteiger partial charge in [0.15, 0.2) is 0 Å². The van der Waals surface area contributed by atoms with Crippen LogP contribution in [0.3, 0.4) is 0 Å². The Hall–Kier alpha value is -1.74. The van der Waals surface area contributed by atoms with Crippen LogP contribution in [0, 0.1) is 0 Å². The van der Waals surface area contributed by atoms with Crippen LogP contribution in [-0.2, 0) is 11.0 Å². The molecule has 0 aliphatic rings. The number of carbonyl (C=O) groups excluding carboxylic acids is 2. The molecule has 1 atom stereocenters. The van der Waals surface area contributed by atoms with Crippen LogP contribution in [0.1, 0.15) is 22.3 Å². The monoisotopic (exact) mass is 336 g/mol. The predicted octanol–water partition coefficient (Wildman–Crippen LogP) is 2.06. The fourth-order valence-corrected chi connectivity index (χ4v) is 2.11. The molecular formula is C13H15F3N2O3S. The Kier molecular flexibility index (Phi) is 6.69. The molecule has 0 unspecified atom stereocenters. The lowest BCUT2D eigenvalue weighted by Gasteiger charge is -2.16. The third-order valence-corrected chi connectivity index (χ3v) is 3.46. The number of hydroxylamine groups is 1. The third-order valence-electron chi connectivity index (χ3n) is 2.82. The molecule has 0 aliphatic heterocycles. The molecule has 1 rings (SSSR count). The van der Waals surface area contributed by atoms with Crippen molar-refractivity contribution in [1.82, 2.24) is 10.8 Å². The molecule has 0 heterocycles. The maximum atomic E-state index is 12.4. The maximum absolute atomic E-state index is 12.4. The quantitative estimate of drug-likeness (QED) is 0.549. The minimum absolute atomic E-state index is 0.00658. The van der Waals surface area contributed by atoms with Crippen molar-refractivity contribution in [2.45, 2.75) is 18.6 Å². The molecule has 1 aromatic carbocycles. The molecule has 1 aromatic rings. The second-order valence-electron chi connectivity index (χ2n) is 4.36. The molecule has 0 bridgehead atoms. The molecule has 3 N–H and O–H groups in total. The summed E-state index contributed by atoms with van der Waals surface area (Å²) < 4.78 is 37.3. The van der Waals surface area contributed by atoms with E-state index in [2.05, 4.69) is 5.32 Å². The van der Waals surface area contributed by atoms with Crippen molar-refractivity contribution in [2.75, 3.05) is 12.0 Å². The highest BCUT2D eigenvalue weighted by atomic mass is 32.2. The molecule has 0 fully saturated rings. The largest absolute Gasteiger partial charge is 0.416 e. The number of halogens is 3. The number of alkyl halides is 3. The average molecular weight is 336 g/mol. The number of rotatable bonds is 6. The van der Waals surface area contributed by atoms with E-state index in [-0.39, 0.29) is 12.0 Å². The Morgan fingerprint density at radius 1 is 1.27 bits per heavy atom. The van der Waals surface area contributed by atoms with Gasteiger partial charge < -0.3 is 5.32 Å². The average Bonchev–Trinajstić information content (AvgIpc) is 2.49. The summed E-state index contributed by atoms with van der Waals surface area (Å²) in [6.07, 6.45) is -2.39. The number of amides is 2. The zero-order valence-corrected chi connectivity index (χ0v) is 12.4. The highest BCUT2D eigenvalue weighted by molar-refractivity contribution is 7.98. The summed E-state index contributed by atoms with van der Waals surface area (Å²) in [5, 5.41) is 11.0. The molecule has 2 amide bonds. The van der Waals surface area contributed by atoms with Crippen molar-refractivity contribution in [1.29, 1.82) is 0 Å². The van der Waals surface area contributed by atoms with E-state index in [1.54, 1.807) is 0 Å². The summed E-state index contributed by atoms with van der Waals surface area (Å²) in [5.41, 5.74) is 0.577. The first-order chi connectivity index (χ1) is 10.3. The van der Waals surface area contributed by atoms with Gasteiger partial charge in [-0.3, -0.25) is 14.8 Å². The zero-order valence-electron chi connectivity index (χ0n) is 11.6. The van der Waals surface area contributed by atoms with Gasteiger partial charge in [0.1, 0.15) is 6.04 Å². The van der Waals surface area contributed by atoms with Gasteiger partial charge in [-0.2, -0.15) is 24.9 Å². The number of nitrogens with one attached hydrogen (secondary N) is 2. The van der Waals surface area contributed by atoms with E-state index in [0.29, 0.717) is 5.75 Å². The van der Waals surface area contributed by atoms with Crippen LogP contribution in [0.5, 0.6) is 0 Å². The van der Waals surface area contributed by atoms with Crippen molar-refractivity contribution in [3.8, 4) is 0 Å². The van der Waals surface area contributed by atoms with Crippen molar-refractivity contribution in [2.24, 2.45) is 0 Å². The van der Waals surface area contributed by atoms with Gasteiger partial charge in [0.2, 0.25) is 0 Å². The van der Waals surface area contributed by atoms with Gasteiger partial charge in [0.25, 0.3) is 11.8 Å². The lowest BCUT2D eigenvalue weighted by atomic mass is 10.1. The normalized spacial score (nSPS) is 12.6. The smallest absolute Gasteiger partial charge is 0.340 e. The topological polar surface area (TPSA) is 78.4 Å². The summed E-state index contributed by atoms with van der Waals surface area (Å²) in [5.74, 6) is -0.913. The molecule has 0 saturated heterocycles.